The van der Waals surface area contributed by atoms with Crippen LogP contribution in [-0.4, -0.2) is 16.9 Å². The topological polar surface area (TPSA) is 54.4 Å². The average molecular weight is 104 g/mol. The molecule has 0 amide bonds. The summed E-state index contributed by atoms with van der Waals surface area (Å²) in [5, 5.41) is 7.93. The maximum absolute atomic E-state index is 10.2. The van der Waals surface area contributed by atoms with E-state index in [-0.39, 0.29) is 0 Å². The van der Waals surface area contributed by atoms with Gasteiger partial charge in [-0.05, 0) is 0 Å². The molecule has 0 fully saturated rings. The summed E-state index contributed by atoms with van der Waals surface area (Å²) >= 11 is 0. The molecule has 0 rings (SSSR count). The lowest BCUT2D eigenvalue weighted by atomic mass is 10.3. The van der Waals surface area contributed by atoms with E-state index in [1.807, 2.05) is 0 Å². The molecule has 40 valence electrons. The second-order valence-electron chi connectivity index (χ2n) is 0.884. The first kappa shape index (κ1) is 3.18. The fourth-order valence-corrected chi connectivity index (χ4v) is 0.107. The van der Waals surface area contributed by atoms with Crippen LogP contribution < -0.4 is 0 Å². The van der Waals surface area contributed by atoms with E-state index in [0.717, 1.165) is 6.92 Å². The van der Waals surface area contributed by atoms with E-state index >= 15 is 0 Å². The molecule has 0 spiro atoms. The molecule has 0 aliphatic rings. The third kappa shape index (κ3) is 1.92. The predicted octanol–water partition coefficient (Wildman–Crippen LogP) is 0.0501. The number of carboxylic acids is 1. The van der Waals surface area contributed by atoms with Crippen LogP contribution in [0.25, 0.3) is 0 Å². The lowest BCUT2D eigenvalue weighted by molar-refractivity contribution is -0.148. The van der Waals surface area contributed by atoms with Crippen LogP contribution in [0.4, 0.5) is 0 Å². The van der Waals surface area contributed by atoms with E-state index in [0.29, 0.717) is 0 Å². The Bertz CT molecular complexity index is 146. The first-order chi connectivity index (χ1) is 3.85. The number of ketones is 1. The van der Waals surface area contributed by atoms with Crippen molar-refractivity contribution < 1.29 is 17.4 Å². The average Bonchev–Trinajstić information content (AvgIpc) is 1.62. The van der Waals surface area contributed by atoms with Gasteiger partial charge in [0.2, 0.25) is 5.78 Å². The van der Waals surface area contributed by atoms with Crippen LogP contribution in [0, 0.1) is 0 Å². The molecule has 0 radical (unpaired) electrons. The minimum atomic E-state index is -2.26. The molecular weight excluding hydrogens is 96.0 g/mol. The summed E-state index contributed by atoms with van der Waals surface area (Å²) in [6.45, 7) is 0.906. The minimum Gasteiger partial charge on any atom is -0.476 e. The van der Waals surface area contributed by atoms with Crippen molar-refractivity contribution in [3.05, 3.63) is 0 Å². The Hall–Kier alpha value is -0.860. The largest absolute Gasteiger partial charge is 0.476 e. The molecule has 0 aromatic carbocycles. The number of hydrogen-bond acceptors (Lipinski definition) is 2. The van der Waals surface area contributed by atoms with Gasteiger partial charge in [-0.3, -0.25) is 4.79 Å². The van der Waals surface area contributed by atoms with Crippen LogP contribution in [0.3, 0.4) is 0 Å². The Morgan fingerprint density at radius 3 is 2.29 bits per heavy atom. The Kier molecular flexibility index (Phi) is 1.06. The number of carbonyl (C=O) groups is 2. The molecule has 1 N–H and O–H groups in total. The van der Waals surface area contributed by atoms with E-state index < -0.39 is 18.1 Å². The Labute approximate surface area is 43.8 Å². The zero-order valence-electron chi connectivity index (χ0n) is 5.76. The number of aliphatic carboxylic acids is 1. The molecule has 3 heteroatoms. The van der Waals surface area contributed by atoms with Gasteiger partial charge in [-0.2, -0.15) is 0 Å². The van der Waals surface area contributed by atoms with E-state index in [4.69, 9.17) is 7.85 Å². The minimum absolute atomic E-state index is 0.906. The highest BCUT2D eigenvalue weighted by atomic mass is 16.4. The van der Waals surface area contributed by atoms with Crippen molar-refractivity contribution in [1.29, 1.82) is 0 Å². The van der Waals surface area contributed by atoms with Gasteiger partial charge in [-0.15, -0.1) is 0 Å². The van der Waals surface area contributed by atoms with Gasteiger partial charge >= 0.3 is 5.97 Å². The van der Waals surface area contributed by atoms with Crippen molar-refractivity contribution in [2.45, 2.75) is 13.3 Å². The van der Waals surface area contributed by atoms with Gasteiger partial charge < -0.3 is 5.11 Å². The third-order valence-corrected chi connectivity index (χ3v) is 0.421. The highest BCUT2D eigenvalue weighted by molar-refractivity contribution is 6.32. The highest BCUT2D eigenvalue weighted by Gasteiger charge is 2.05. The maximum Gasteiger partial charge on any atom is 0.372 e. The van der Waals surface area contributed by atoms with Crippen LogP contribution >= 0.6 is 0 Å². The molecular formula is C4H6O3. The molecule has 0 unspecified atom stereocenters. The van der Waals surface area contributed by atoms with Gasteiger partial charge in [0.25, 0.3) is 0 Å². The first-order valence-corrected chi connectivity index (χ1v) is 1.63. The second kappa shape index (κ2) is 2.34. The smallest absolute Gasteiger partial charge is 0.372 e. The number of Topliss-reactive ketones (excluding diaryl/α,β-unsaturated/α-hetero) is 1. The number of carbonyl (C=O) groups excluding carboxylic acids is 1. The Balaban J connectivity index is 4.23. The maximum atomic E-state index is 10.2. The van der Waals surface area contributed by atoms with Crippen LogP contribution in [0.2, 0.25) is 0 Å². The second-order valence-corrected chi connectivity index (χ2v) is 0.884. The molecule has 0 saturated carbocycles. The van der Waals surface area contributed by atoms with Crippen LogP contribution in [-0.2, 0) is 9.59 Å². The number of rotatable bonds is 2. The Morgan fingerprint density at radius 1 is 1.86 bits per heavy atom. The van der Waals surface area contributed by atoms with E-state index in [1.54, 1.807) is 0 Å². The highest BCUT2D eigenvalue weighted by Crippen LogP contribution is 1.76. The first-order valence-electron chi connectivity index (χ1n) is 2.63. The van der Waals surface area contributed by atoms with Gasteiger partial charge in [0.15, 0.2) is 0 Å². The van der Waals surface area contributed by atoms with E-state index in [1.165, 1.54) is 0 Å². The van der Waals surface area contributed by atoms with Crippen molar-refractivity contribution in [2.75, 3.05) is 0 Å². The van der Waals surface area contributed by atoms with E-state index in [9.17, 15) is 9.59 Å². The van der Waals surface area contributed by atoms with Crippen molar-refractivity contribution in [3.63, 3.8) is 0 Å². The monoisotopic (exact) mass is 104 g/mol. The molecule has 7 heavy (non-hydrogen) atoms. The summed E-state index contributed by atoms with van der Waals surface area (Å²) in [6, 6.07) is 0. The molecule has 0 bridgehead atoms. The third-order valence-electron chi connectivity index (χ3n) is 0.421. The van der Waals surface area contributed by atoms with Crippen molar-refractivity contribution in [3.8, 4) is 0 Å². The number of carboxylic acid groups (broad SMARTS) is 1. The molecule has 0 aliphatic carbocycles. The standard InChI is InChI=1S/C4H6O3/c1-2-3(5)4(6)7/h2H2,1H3,(H,6,7)/i2D2. The quantitative estimate of drug-likeness (QED) is 0.503. The summed E-state index contributed by atoms with van der Waals surface area (Å²) in [5.41, 5.74) is 0. The lowest BCUT2D eigenvalue weighted by Crippen LogP contribution is -2.09. The van der Waals surface area contributed by atoms with Gasteiger partial charge in [0.1, 0.15) is 0 Å². The van der Waals surface area contributed by atoms with Gasteiger partial charge in [0, 0.05) is 9.11 Å². The summed E-state index contributed by atoms with van der Waals surface area (Å²) in [4.78, 5) is 19.9. The zero-order valence-corrected chi connectivity index (χ0v) is 3.76. The molecule has 3 nitrogen and oxygen atoms in total. The number of hydrogen-bond donors (Lipinski definition) is 1. The van der Waals surface area contributed by atoms with Crippen molar-refractivity contribution in [1.82, 2.24) is 0 Å². The zero-order chi connectivity index (χ0) is 7.65. The normalized spacial score (nSPS) is 14.4. The molecule has 0 saturated heterocycles. The molecule has 0 aromatic rings. The van der Waals surface area contributed by atoms with Gasteiger partial charge in [-0.1, -0.05) is 6.92 Å². The molecule has 0 aliphatic heterocycles. The molecule has 0 heterocycles. The van der Waals surface area contributed by atoms with Crippen LogP contribution in [0.1, 0.15) is 16.0 Å². The fourth-order valence-electron chi connectivity index (χ4n) is 0.107. The van der Waals surface area contributed by atoms with E-state index in [2.05, 4.69) is 0 Å². The summed E-state index contributed by atoms with van der Waals surface area (Å²) in [5.74, 6) is -3.15. The van der Waals surface area contributed by atoms with Gasteiger partial charge in [0.05, 0.1) is 0 Å². The summed E-state index contributed by atoms with van der Waals surface area (Å²) < 4.78 is 13.2. The van der Waals surface area contributed by atoms with Crippen molar-refractivity contribution in [2.24, 2.45) is 0 Å². The SMILES string of the molecule is [2H]C([2H])(C)C(=O)C(=O)O. The van der Waals surface area contributed by atoms with Crippen molar-refractivity contribution >= 4 is 11.8 Å². The predicted molar refractivity (Wildman–Crippen MR) is 22.9 cm³/mol. The van der Waals surface area contributed by atoms with Gasteiger partial charge in [-0.25, -0.2) is 4.79 Å². The fraction of sp³-hybridized carbons (Fsp3) is 0.500. The Morgan fingerprint density at radius 2 is 2.29 bits per heavy atom. The molecule has 0 atom stereocenters. The summed E-state index contributed by atoms with van der Waals surface area (Å²) in [6.07, 6.45) is -2.26. The summed E-state index contributed by atoms with van der Waals surface area (Å²) in [7, 11) is 0. The molecule has 0 aromatic heterocycles. The van der Waals surface area contributed by atoms with Crippen LogP contribution in [0.15, 0.2) is 0 Å². The van der Waals surface area contributed by atoms with Crippen LogP contribution in [0.5, 0.6) is 0 Å². The lowest BCUT2D eigenvalue weighted by Gasteiger charge is -1.80.